The lowest BCUT2D eigenvalue weighted by Gasteiger charge is -2.34. The summed E-state index contributed by atoms with van der Waals surface area (Å²) in [4.78, 5) is 11.9. The molecule has 0 aliphatic carbocycles. The van der Waals surface area contributed by atoms with Crippen molar-refractivity contribution in [3.8, 4) is 17.2 Å². The molecule has 0 spiro atoms. The Bertz CT molecular complexity index is 498. The average molecular weight is 240 g/mol. The summed E-state index contributed by atoms with van der Waals surface area (Å²) in [6.07, 6.45) is 0.600. The molecule has 1 unspecified atom stereocenters. The lowest BCUT2D eigenvalue weighted by molar-refractivity contribution is 0.0459. The first-order valence-electron chi connectivity index (χ1n) is 5.34. The van der Waals surface area contributed by atoms with Gasteiger partial charge in [-0.15, -0.1) is 0 Å². The van der Waals surface area contributed by atoms with Crippen molar-refractivity contribution >= 4 is 5.78 Å². The summed E-state index contributed by atoms with van der Waals surface area (Å²) in [7, 11) is 0. The molecule has 2 rings (SSSR count). The summed E-state index contributed by atoms with van der Waals surface area (Å²) in [5.41, 5.74) is -0.989. The van der Waals surface area contributed by atoms with E-state index in [2.05, 4.69) is 0 Å². The minimum absolute atomic E-state index is 0.0777. The maximum atomic E-state index is 13.7. The Morgan fingerprint density at radius 2 is 2.12 bits per heavy atom. The van der Waals surface area contributed by atoms with E-state index in [1.54, 1.807) is 6.92 Å². The highest BCUT2D eigenvalue weighted by Gasteiger charge is 2.39. The number of hydrogen-bond donors (Lipinski definition) is 2. The Morgan fingerprint density at radius 1 is 1.47 bits per heavy atom. The molecule has 1 heterocycles. The van der Waals surface area contributed by atoms with E-state index in [1.165, 1.54) is 0 Å². The highest BCUT2D eigenvalue weighted by molar-refractivity contribution is 6.03. The van der Waals surface area contributed by atoms with Gasteiger partial charge in [-0.05, 0) is 13.3 Å². The number of benzene rings is 1. The first kappa shape index (κ1) is 11.7. The average Bonchev–Trinajstić information content (AvgIpc) is 2.25. The third-order valence-corrected chi connectivity index (χ3v) is 3.09. The third-order valence-electron chi connectivity index (χ3n) is 3.09. The summed E-state index contributed by atoms with van der Waals surface area (Å²) >= 11 is 0. The number of ketones is 1. The molecule has 0 fully saturated rings. The minimum Gasteiger partial charge on any atom is -0.507 e. The van der Waals surface area contributed by atoms with Gasteiger partial charge in [0.1, 0.15) is 16.9 Å². The number of carbonyl (C=O) groups is 1. The first-order chi connectivity index (χ1) is 7.88. The van der Waals surface area contributed by atoms with Crippen molar-refractivity contribution in [1.82, 2.24) is 0 Å². The molecule has 1 atom stereocenters. The molecule has 0 bridgehead atoms. The number of aromatic hydroxyl groups is 2. The summed E-state index contributed by atoms with van der Waals surface area (Å²) in [6.45, 7) is 3.51. The van der Waals surface area contributed by atoms with E-state index < -0.39 is 22.9 Å². The fourth-order valence-electron chi connectivity index (χ4n) is 1.88. The standard InChI is InChI=1S/C12H13FO4/c1-3-12(2)5-8(16)9-6(14)4-7(15)10(13)11(9)17-12/h4,14-15H,3,5H2,1-2H3. The molecule has 2 N–H and O–H groups in total. The van der Waals surface area contributed by atoms with Crippen molar-refractivity contribution in [2.24, 2.45) is 0 Å². The Morgan fingerprint density at radius 3 is 2.71 bits per heavy atom. The van der Waals surface area contributed by atoms with E-state index in [4.69, 9.17) is 4.74 Å². The van der Waals surface area contributed by atoms with Crippen LogP contribution in [0.4, 0.5) is 4.39 Å². The van der Waals surface area contributed by atoms with Crippen molar-refractivity contribution in [2.75, 3.05) is 0 Å². The molecule has 0 amide bonds. The minimum atomic E-state index is -1.01. The maximum Gasteiger partial charge on any atom is 0.207 e. The molecule has 0 radical (unpaired) electrons. The second-order valence-electron chi connectivity index (χ2n) is 4.44. The van der Waals surface area contributed by atoms with Crippen molar-refractivity contribution in [2.45, 2.75) is 32.3 Å². The van der Waals surface area contributed by atoms with Gasteiger partial charge in [-0.1, -0.05) is 6.92 Å². The number of Topliss-reactive ketones (excluding diaryl/α,β-unsaturated/α-hetero) is 1. The van der Waals surface area contributed by atoms with Gasteiger partial charge >= 0.3 is 0 Å². The smallest absolute Gasteiger partial charge is 0.207 e. The van der Waals surface area contributed by atoms with Crippen LogP contribution >= 0.6 is 0 Å². The van der Waals surface area contributed by atoms with E-state index in [0.717, 1.165) is 6.07 Å². The summed E-state index contributed by atoms with van der Waals surface area (Å²) in [6, 6.07) is 0.810. The van der Waals surface area contributed by atoms with E-state index in [9.17, 15) is 19.4 Å². The van der Waals surface area contributed by atoms with Crippen molar-refractivity contribution in [3.63, 3.8) is 0 Å². The van der Waals surface area contributed by atoms with Crippen LogP contribution in [0.3, 0.4) is 0 Å². The normalized spacial score (nSPS) is 23.1. The van der Waals surface area contributed by atoms with Gasteiger partial charge in [0, 0.05) is 6.07 Å². The molecule has 1 aromatic carbocycles. The molecular formula is C12H13FO4. The topological polar surface area (TPSA) is 66.8 Å². The lowest BCUT2D eigenvalue weighted by Crippen LogP contribution is -2.38. The number of phenols is 2. The number of fused-ring (bicyclic) bond motifs is 1. The zero-order valence-corrected chi connectivity index (χ0v) is 9.58. The first-order valence-corrected chi connectivity index (χ1v) is 5.34. The van der Waals surface area contributed by atoms with E-state index in [1.807, 2.05) is 6.92 Å². The van der Waals surface area contributed by atoms with Crippen LogP contribution < -0.4 is 4.74 Å². The molecule has 0 aromatic heterocycles. The van der Waals surface area contributed by atoms with Gasteiger partial charge in [0.2, 0.25) is 5.82 Å². The Labute approximate surface area is 97.6 Å². The Balaban J connectivity index is 2.65. The van der Waals surface area contributed by atoms with Gasteiger partial charge in [-0.3, -0.25) is 4.79 Å². The Kier molecular flexibility index (Phi) is 2.49. The molecule has 4 nitrogen and oxygen atoms in total. The second-order valence-corrected chi connectivity index (χ2v) is 4.44. The van der Waals surface area contributed by atoms with Crippen molar-refractivity contribution in [1.29, 1.82) is 0 Å². The molecule has 1 aromatic rings. The van der Waals surface area contributed by atoms with Gasteiger partial charge in [-0.25, -0.2) is 0 Å². The summed E-state index contributed by atoms with van der Waals surface area (Å²) in [5, 5.41) is 18.8. The molecule has 5 heteroatoms. The van der Waals surface area contributed by atoms with Crippen LogP contribution in [-0.4, -0.2) is 21.6 Å². The van der Waals surface area contributed by atoms with Crippen LogP contribution in [0.1, 0.15) is 37.0 Å². The van der Waals surface area contributed by atoms with Crippen molar-refractivity contribution < 1.29 is 24.1 Å². The number of rotatable bonds is 1. The molecule has 0 saturated heterocycles. The van der Waals surface area contributed by atoms with Crippen LogP contribution in [0.5, 0.6) is 17.2 Å². The fraction of sp³-hybridized carbons (Fsp3) is 0.417. The highest BCUT2D eigenvalue weighted by Crippen LogP contribution is 2.44. The summed E-state index contributed by atoms with van der Waals surface area (Å²) < 4.78 is 19.1. The third kappa shape index (κ3) is 1.71. The zero-order chi connectivity index (χ0) is 12.8. The van der Waals surface area contributed by atoms with Crippen molar-refractivity contribution in [3.05, 3.63) is 17.4 Å². The number of halogens is 1. The molecule has 1 aliphatic heterocycles. The van der Waals surface area contributed by atoms with Crippen LogP contribution in [0.15, 0.2) is 6.07 Å². The number of phenolic OH excluding ortho intramolecular Hbond substituents is 2. The largest absolute Gasteiger partial charge is 0.507 e. The highest BCUT2D eigenvalue weighted by atomic mass is 19.1. The summed E-state index contributed by atoms with van der Waals surface area (Å²) in [5.74, 6) is -2.93. The fourth-order valence-corrected chi connectivity index (χ4v) is 1.88. The second kappa shape index (κ2) is 3.61. The van der Waals surface area contributed by atoms with E-state index in [0.29, 0.717) is 6.42 Å². The quantitative estimate of drug-likeness (QED) is 0.790. The monoisotopic (exact) mass is 240 g/mol. The molecular weight excluding hydrogens is 227 g/mol. The maximum absolute atomic E-state index is 13.7. The SMILES string of the molecule is CCC1(C)CC(=O)c2c(O)cc(O)c(F)c2O1. The van der Waals surface area contributed by atoms with E-state index >= 15 is 0 Å². The lowest BCUT2D eigenvalue weighted by atomic mass is 9.89. The molecule has 17 heavy (non-hydrogen) atoms. The van der Waals surface area contributed by atoms with E-state index in [-0.39, 0.29) is 23.5 Å². The number of hydrogen-bond acceptors (Lipinski definition) is 4. The van der Waals surface area contributed by atoms with Crippen LogP contribution in [-0.2, 0) is 0 Å². The van der Waals surface area contributed by atoms with Crippen LogP contribution in [0.25, 0.3) is 0 Å². The molecule has 92 valence electrons. The van der Waals surface area contributed by atoms with Crippen LogP contribution in [0.2, 0.25) is 0 Å². The molecule has 1 aliphatic rings. The van der Waals surface area contributed by atoms with Gasteiger partial charge < -0.3 is 14.9 Å². The number of carbonyl (C=O) groups excluding carboxylic acids is 1. The van der Waals surface area contributed by atoms with Gasteiger partial charge in [0.15, 0.2) is 17.3 Å². The van der Waals surface area contributed by atoms with Crippen LogP contribution in [0, 0.1) is 5.82 Å². The van der Waals surface area contributed by atoms with Gasteiger partial charge in [-0.2, -0.15) is 4.39 Å². The number of ether oxygens (including phenoxy) is 1. The molecule has 0 saturated carbocycles. The van der Waals surface area contributed by atoms with Gasteiger partial charge in [0.05, 0.1) is 6.42 Å². The Hall–Kier alpha value is -1.78. The predicted octanol–water partition coefficient (Wildman–Crippen LogP) is 2.37. The predicted molar refractivity (Wildman–Crippen MR) is 58.0 cm³/mol. The zero-order valence-electron chi connectivity index (χ0n) is 9.58. The van der Waals surface area contributed by atoms with Gasteiger partial charge in [0.25, 0.3) is 0 Å².